The van der Waals surface area contributed by atoms with Crippen molar-refractivity contribution in [3.05, 3.63) is 84.1 Å². The molecule has 2 aromatic rings. The Morgan fingerprint density at radius 1 is 0.971 bits per heavy atom. The van der Waals surface area contributed by atoms with Crippen LogP contribution in [0.1, 0.15) is 40.5 Å². The van der Waals surface area contributed by atoms with Gasteiger partial charge >= 0.3 is 11.9 Å². The van der Waals surface area contributed by atoms with Crippen LogP contribution in [-0.4, -0.2) is 59.7 Å². The zero-order valence-corrected chi connectivity index (χ0v) is 19.2. The average molecular weight is 479 g/mol. The van der Waals surface area contributed by atoms with Crippen LogP contribution < -0.4 is 5.32 Å². The predicted octanol–water partition coefficient (Wildman–Crippen LogP) is 2.44. The molecule has 1 N–H and O–H groups in total. The molecule has 0 saturated carbocycles. The van der Waals surface area contributed by atoms with Crippen molar-refractivity contribution in [1.82, 2.24) is 10.2 Å². The fraction of sp³-hybridized carbons (Fsp3) is 0.308. The second-order valence-electron chi connectivity index (χ2n) is 8.47. The van der Waals surface area contributed by atoms with Gasteiger partial charge in [0.1, 0.15) is 31.1 Å². The molecular formula is C26H26N2O7. The lowest BCUT2D eigenvalue weighted by Crippen LogP contribution is -2.48. The van der Waals surface area contributed by atoms with Gasteiger partial charge < -0.3 is 19.5 Å². The van der Waals surface area contributed by atoms with Gasteiger partial charge in [-0.3, -0.25) is 14.5 Å². The van der Waals surface area contributed by atoms with Crippen molar-refractivity contribution in [2.75, 3.05) is 13.2 Å². The summed E-state index contributed by atoms with van der Waals surface area (Å²) in [5.74, 6) is -1.80. The molecule has 1 saturated heterocycles. The van der Waals surface area contributed by atoms with Gasteiger partial charge in [-0.25, -0.2) is 9.59 Å². The summed E-state index contributed by atoms with van der Waals surface area (Å²) in [7, 11) is 0. The van der Waals surface area contributed by atoms with E-state index in [0.29, 0.717) is 24.0 Å². The number of nitrogens with one attached hydrogen (secondary N) is 1. The summed E-state index contributed by atoms with van der Waals surface area (Å²) in [6.45, 7) is 1.22. The smallest absolute Gasteiger partial charge is 0.338 e. The summed E-state index contributed by atoms with van der Waals surface area (Å²) in [5, 5.41) is 2.57. The maximum Gasteiger partial charge on any atom is 0.338 e. The lowest BCUT2D eigenvalue weighted by atomic mass is 10.0. The SMILES string of the molecule is C[C@@H]1NC(=O)C=CN([C@H]2CCC(COC(=O)c3ccccc3)(COC(=O)c3ccccc3)O2)C1=O. The summed E-state index contributed by atoms with van der Waals surface area (Å²) in [6.07, 6.45) is 2.67. The van der Waals surface area contributed by atoms with Crippen molar-refractivity contribution in [2.24, 2.45) is 0 Å². The monoisotopic (exact) mass is 478 g/mol. The van der Waals surface area contributed by atoms with E-state index in [1.54, 1.807) is 67.6 Å². The fourth-order valence-electron chi connectivity index (χ4n) is 3.96. The standard InChI is InChI=1S/C26H26N2O7/c1-18-23(30)28(15-13-21(29)27-18)22-12-14-26(35-22,16-33-24(31)19-8-4-2-5-9-19)17-34-25(32)20-10-6-3-7-11-20/h2-11,13,15,18,22H,12,14,16-17H2,1H3,(H,27,29)/t18-,22+/m0/s1. The van der Waals surface area contributed by atoms with Gasteiger partial charge in [-0.05, 0) is 44.0 Å². The lowest BCUT2D eigenvalue weighted by molar-refractivity contribution is -0.158. The molecule has 4 rings (SSSR count). The quantitative estimate of drug-likeness (QED) is 0.609. The van der Waals surface area contributed by atoms with Crippen LogP contribution >= 0.6 is 0 Å². The molecule has 9 heteroatoms. The Bertz CT molecular complexity index is 1060. The number of amides is 2. The van der Waals surface area contributed by atoms with Crippen LogP contribution in [-0.2, 0) is 23.8 Å². The summed E-state index contributed by atoms with van der Waals surface area (Å²) in [6, 6.07) is 16.3. The first-order valence-electron chi connectivity index (χ1n) is 11.3. The molecule has 0 bridgehead atoms. The highest BCUT2D eigenvalue weighted by Crippen LogP contribution is 2.34. The van der Waals surface area contributed by atoms with E-state index < -0.39 is 29.8 Å². The Labute approximate surface area is 202 Å². The minimum Gasteiger partial charge on any atom is -0.459 e. The van der Waals surface area contributed by atoms with Crippen molar-refractivity contribution in [2.45, 2.75) is 37.6 Å². The summed E-state index contributed by atoms with van der Waals surface area (Å²) >= 11 is 0. The number of hydrogen-bond acceptors (Lipinski definition) is 7. The topological polar surface area (TPSA) is 111 Å². The van der Waals surface area contributed by atoms with E-state index in [-0.39, 0.29) is 25.0 Å². The van der Waals surface area contributed by atoms with Gasteiger partial charge in [-0.1, -0.05) is 36.4 Å². The third-order valence-electron chi connectivity index (χ3n) is 5.86. The zero-order valence-electron chi connectivity index (χ0n) is 19.2. The highest BCUT2D eigenvalue weighted by Gasteiger charge is 2.46. The van der Waals surface area contributed by atoms with Crippen molar-refractivity contribution >= 4 is 23.8 Å². The fourth-order valence-corrected chi connectivity index (χ4v) is 3.96. The molecule has 0 aliphatic carbocycles. The number of hydrogen-bond donors (Lipinski definition) is 1. The van der Waals surface area contributed by atoms with Crippen LogP contribution in [0.4, 0.5) is 0 Å². The molecule has 9 nitrogen and oxygen atoms in total. The van der Waals surface area contributed by atoms with Gasteiger partial charge in [0, 0.05) is 12.3 Å². The van der Waals surface area contributed by atoms with Gasteiger partial charge in [-0.15, -0.1) is 0 Å². The van der Waals surface area contributed by atoms with Crippen LogP contribution in [0.25, 0.3) is 0 Å². The molecule has 2 aliphatic heterocycles. The minimum absolute atomic E-state index is 0.183. The van der Waals surface area contributed by atoms with Crippen LogP contribution in [0, 0.1) is 0 Å². The average Bonchev–Trinajstić information content (AvgIpc) is 3.25. The zero-order chi connectivity index (χ0) is 24.8. The van der Waals surface area contributed by atoms with Crippen molar-refractivity contribution in [1.29, 1.82) is 0 Å². The van der Waals surface area contributed by atoms with Crippen LogP contribution in [0.5, 0.6) is 0 Å². The van der Waals surface area contributed by atoms with Gasteiger partial charge in [-0.2, -0.15) is 0 Å². The van der Waals surface area contributed by atoms with E-state index in [0.717, 1.165) is 0 Å². The molecule has 2 heterocycles. The molecule has 1 fully saturated rings. The predicted molar refractivity (Wildman–Crippen MR) is 124 cm³/mol. The molecule has 2 amide bonds. The van der Waals surface area contributed by atoms with Crippen molar-refractivity contribution in [3.63, 3.8) is 0 Å². The number of esters is 2. The molecule has 2 aromatic carbocycles. The first-order valence-corrected chi connectivity index (χ1v) is 11.3. The minimum atomic E-state index is -1.17. The Kier molecular flexibility index (Phi) is 7.26. The number of rotatable bonds is 7. The van der Waals surface area contributed by atoms with E-state index >= 15 is 0 Å². The molecule has 0 spiro atoms. The largest absolute Gasteiger partial charge is 0.459 e. The highest BCUT2D eigenvalue weighted by atomic mass is 16.6. The number of nitrogens with zero attached hydrogens (tertiary/aromatic N) is 1. The molecule has 2 aliphatic rings. The Balaban J connectivity index is 1.50. The molecular weight excluding hydrogens is 452 g/mol. The van der Waals surface area contributed by atoms with Gasteiger partial charge in [0.05, 0.1) is 11.1 Å². The third-order valence-corrected chi connectivity index (χ3v) is 5.86. The number of carbonyl (C=O) groups is 4. The number of carbonyl (C=O) groups excluding carboxylic acids is 4. The molecule has 182 valence electrons. The number of ether oxygens (including phenoxy) is 3. The molecule has 0 unspecified atom stereocenters. The second-order valence-corrected chi connectivity index (χ2v) is 8.47. The Morgan fingerprint density at radius 3 is 2.06 bits per heavy atom. The van der Waals surface area contributed by atoms with Crippen molar-refractivity contribution < 1.29 is 33.4 Å². The van der Waals surface area contributed by atoms with E-state index in [1.807, 2.05) is 0 Å². The van der Waals surface area contributed by atoms with Crippen LogP contribution in [0.2, 0.25) is 0 Å². The van der Waals surface area contributed by atoms with Gasteiger partial charge in [0.25, 0.3) is 5.91 Å². The maximum absolute atomic E-state index is 12.8. The van der Waals surface area contributed by atoms with Crippen molar-refractivity contribution in [3.8, 4) is 0 Å². The Morgan fingerprint density at radius 2 is 1.51 bits per heavy atom. The van der Waals surface area contributed by atoms with Crippen LogP contribution in [0.15, 0.2) is 72.9 Å². The highest BCUT2D eigenvalue weighted by molar-refractivity contribution is 5.95. The summed E-state index contributed by atoms with van der Waals surface area (Å²) in [5.41, 5.74) is -0.411. The normalized spacial score (nSPS) is 21.2. The lowest BCUT2D eigenvalue weighted by Gasteiger charge is -2.31. The first kappa shape index (κ1) is 24.2. The Hall–Kier alpha value is -3.98. The molecule has 35 heavy (non-hydrogen) atoms. The van der Waals surface area contributed by atoms with Gasteiger partial charge in [0.2, 0.25) is 5.91 Å². The molecule has 2 atom stereocenters. The molecule has 0 radical (unpaired) electrons. The first-order chi connectivity index (χ1) is 16.9. The van der Waals surface area contributed by atoms with Crippen LogP contribution in [0.3, 0.4) is 0 Å². The summed E-state index contributed by atoms with van der Waals surface area (Å²) < 4.78 is 17.3. The maximum atomic E-state index is 12.8. The number of benzene rings is 2. The van der Waals surface area contributed by atoms with E-state index in [2.05, 4.69) is 5.32 Å². The van der Waals surface area contributed by atoms with E-state index in [1.165, 1.54) is 17.2 Å². The molecule has 0 aromatic heterocycles. The third kappa shape index (κ3) is 5.75. The van der Waals surface area contributed by atoms with Gasteiger partial charge in [0.15, 0.2) is 0 Å². The summed E-state index contributed by atoms with van der Waals surface area (Å²) in [4.78, 5) is 51.1. The van der Waals surface area contributed by atoms with E-state index in [9.17, 15) is 19.2 Å². The second kappa shape index (κ2) is 10.5. The van der Waals surface area contributed by atoms with E-state index in [4.69, 9.17) is 14.2 Å².